The van der Waals surface area contributed by atoms with Crippen LogP contribution in [0.5, 0.6) is 0 Å². The lowest BCUT2D eigenvalue weighted by Gasteiger charge is -2.04. The highest BCUT2D eigenvalue weighted by Crippen LogP contribution is 2.25. The van der Waals surface area contributed by atoms with Crippen molar-refractivity contribution < 1.29 is 9.21 Å². The molecule has 0 aliphatic carbocycles. The summed E-state index contributed by atoms with van der Waals surface area (Å²) in [5.41, 5.74) is 1.22. The summed E-state index contributed by atoms with van der Waals surface area (Å²) in [6, 6.07) is 31.8. The first-order chi connectivity index (χ1) is 18.2. The van der Waals surface area contributed by atoms with Gasteiger partial charge in [-0.1, -0.05) is 90.2 Å². The first kappa shape index (κ1) is 22.5. The number of benzene rings is 4. The Kier molecular flexibility index (Phi) is 5.84. The predicted octanol–water partition coefficient (Wildman–Crippen LogP) is 5.36. The third-order valence-electron chi connectivity index (χ3n) is 5.79. The molecule has 0 saturated carbocycles. The molecule has 0 spiro atoms. The van der Waals surface area contributed by atoms with Crippen LogP contribution in [0.15, 0.2) is 123 Å². The van der Waals surface area contributed by atoms with E-state index in [2.05, 4.69) is 15.3 Å². The maximum absolute atomic E-state index is 13.5. The molecule has 0 unspecified atom stereocenters. The number of fused-ring (bicyclic) bond motifs is 3. The van der Waals surface area contributed by atoms with Crippen LogP contribution in [0, 0.1) is 0 Å². The minimum absolute atomic E-state index is 0.0860. The van der Waals surface area contributed by atoms with E-state index in [1.54, 1.807) is 18.3 Å². The van der Waals surface area contributed by atoms with Gasteiger partial charge in [0.05, 0.1) is 11.9 Å². The van der Waals surface area contributed by atoms with Crippen molar-refractivity contribution in [3.05, 3.63) is 134 Å². The average molecular weight is 503 g/mol. The average Bonchev–Trinajstić information content (AvgIpc) is 3.37. The van der Waals surface area contributed by atoms with Gasteiger partial charge in [0.2, 0.25) is 10.6 Å². The molecule has 4 aromatic carbocycles. The number of hydrogen-bond donors (Lipinski definition) is 0. The van der Waals surface area contributed by atoms with Crippen LogP contribution in [0.1, 0.15) is 20.9 Å². The second-order valence-electron chi connectivity index (χ2n) is 8.17. The van der Waals surface area contributed by atoms with Gasteiger partial charge in [0, 0.05) is 5.39 Å². The smallest absolute Gasteiger partial charge is 0.347 e. The zero-order chi connectivity index (χ0) is 25.2. The molecular formula is C29H18N4O3S. The number of hydrogen-bond acceptors (Lipinski definition) is 7. The van der Waals surface area contributed by atoms with Gasteiger partial charge in [-0.2, -0.15) is 10.2 Å². The van der Waals surface area contributed by atoms with Crippen LogP contribution >= 0.6 is 11.3 Å². The molecule has 6 rings (SSSR count). The number of ketones is 1. The number of aromatic nitrogens is 2. The van der Waals surface area contributed by atoms with Crippen LogP contribution in [0.2, 0.25) is 0 Å². The Morgan fingerprint density at radius 1 is 0.865 bits per heavy atom. The van der Waals surface area contributed by atoms with Crippen molar-refractivity contribution in [2.75, 3.05) is 0 Å². The van der Waals surface area contributed by atoms with Crippen molar-refractivity contribution in [3.63, 3.8) is 0 Å². The third kappa shape index (κ3) is 4.41. The largest absolute Gasteiger partial charge is 0.422 e. The first-order valence-electron chi connectivity index (χ1n) is 11.5. The summed E-state index contributed by atoms with van der Waals surface area (Å²) in [5, 5.41) is 15.7. The molecule has 0 bridgehead atoms. The summed E-state index contributed by atoms with van der Waals surface area (Å²) in [6.07, 6.45) is 1.62. The molecule has 37 heavy (non-hydrogen) atoms. The molecule has 0 N–H and O–H groups in total. The number of carbonyl (C=O) groups excluding carboxylic acids is 1. The van der Waals surface area contributed by atoms with Crippen molar-refractivity contribution in [3.8, 4) is 5.69 Å². The summed E-state index contributed by atoms with van der Waals surface area (Å²) in [4.78, 5) is 26.7. The fraction of sp³-hybridized carbons (Fsp3) is 0. The first-order valence-corrected chi connectivity index (χ1v) is 12.3. The summed E-state index contributed by atoms with van der Waals surface area (Å²) in [5.74, 6) is -0.535. The molecule has 0 aliphatic heterocycles. The topological polar surface area (TPSA) is 89.8 Å². The number of nitrogens with zero attached hydrogens (tertiary/aromatic N) is 4. The lowest BCUT2D eigenvalue weighted by Crippen LogP contribution is -2.16. The second kappa shape index (κ2) is 9.60. The maximum atomic E-state index is 13.5. The monoisotopic (exact) mass is 502 g/mol. The van der Waals surface area contributed by atoms with E-state index >= 15 is 0 Å². The van der Waals surface area contributed by atoms with Crippen molar-refractivity contribution in [1.82, 2.24) is 9.78 Å². The lowest BCUT2D eigenvalue weighted by molar-refractivity contribution is 0.103. The lowest BCUT2D eigenvalue weighted by atomic mass is 10.0. The van der Waals surface area contributed by atoms with Gasteiger partial charge in [-0.05, 0) is 40.6 Å². The van der Waals surface area contributed by atoms with Crippen molar-refractivity contribution in [2.24, 2.45) is 10.2 Å². The molecule has 7 nitrogen and oxygen atoms in total. The fourth-order valence-electron chi connectivity index (χ4n) is 4.00. The van der Waals surface area contributed by atoms with Gasteiger partial charge >= 0.3 is 5.63 Å². The van der Waals surface area contributed by atoms with Crippen LogP contribution in [0.3, 0.4) is 0 Å². The standard InChI is InChI=1S/C29H18N4O3S/c34-26(24-17-23-22-14-8-7-11-20(22)15-16-25(23)36-28(24)35)27-32-33(21-12-5-2-6-13-21)29(37-27)31-30-18-19-9-3-1-4-10-19/h1-18H/b30-18+,31-29-. The molecule has 178 valence electrons. The van der Waals surface area contributed by atoms with Crippen LogP contribution in [-0.2, 0) is 0 Å². The minimum Gasteiger partial charge on any atom is -0.422 e. The summed E-state index contributed by atoms with van der Waals surface area (Å²) in [7, 11) is 0. The Hall–Kier alpha value is -4.95. The number of carbonyl (C=O) groups is 1. The van der Waals surface area contributed by atoms with Gasteiger partial charge in [-0.25, -0.2) is 9.48 Å². The van der Waals surface area contributed by atoms with Gasteiger partial charge in [-0.3, -0.25) is 4.79 Å². The molecule has 0 fully saturated rings. The van der Waals surface area contributed by atoms with Crippen LogP contribution in [0.25, 0.3) is 27.4 Å². The molecule has 2 heterocycles. The molecule has 0 saturated heterocycles. The zero-order valence-electron chi connectivity index (χ0n) is 19.3. The maximum Gasteiger partial charge on any atom is 0.347 e. The quantitative estimate of drug-likeness (QED) is 0.104. The van der Waals surface area contributed by atoms with Gasteiger partial charge < -0.3 is 4.42 Å². The Morgan fingerprint density at radius 3 is 2.41 bits per heavy atom. The summed E-state index contributed by atoms with van der Waals surface area (Å²) in [6.45, 7) is 0. The van der Waals surface area contributed by atoms with E-state index in [0.717, 1.165) is 27.7 Å². The Labute approximate surface area is 214 Å². The SMILES string of the molecule is O=C(c1nn(-c2ccccc2)/c(=N/N=C/c2ccccc2)s1)c1cc2c(ccc3ccccc32)oc1=O. The molecule has 8 heteroatoms. The second-order valence-corrected chi connectivity index (χ2v) is 9.12. The van der Waals surface area contributed by atoms with E-state index in [1.807, 2.05) is 91.0 Å². The normalized spacial score (nSPS) is 12.1. The fourth-order valence-corrected chi connectivity index (χ4v) is 4.82. The molecule has 0 aliphatic rings. The highest BCUT2D eigenvalue weighted by molar-refractivity contribution is 7.11. The minimum atomic E-state index is -0.713. The van der Waals surface area contributed by atoms with Crippen LogP contribution < -0.4 is 10.4 Å². The zero-order valence-corrected chi connectivity index (χ0v) is 20.1. The van der Waals surface area contributed by atoms with E-state index in [-0.39, 0.29) is 10.6 Å². The highest BCUT2D eigenvalue weighted by Gasteiger charge is 2.21. The van der Waals surface area contributed by atoms with E-state index in [0.29, 0.717) is 21.5 Å². The highest BCUT2D eigenvalue weighted by atomic mass is 32.1. The Morgan fingerprint density at radius 2 is 1.59 bits per heavy atom. The Balaban J connectivity index is 1.47. The molecule has 2 aromatic heterocycles. The Bertz CT molecular complexity index is 1920. The third-order valence-corrected chi connectivity index (χ3v) is 6.69. The van der Waals surface area contributed by atoms with Crippen LogP contribution in [-0.4, -0.2) is 21.8 Å². The van der Waals surface area contributed by atoms with Crippen molar-refractivity contribution in [2.45, 2.75) is 0 Å². The van der Waals surface area contributed by atoms with E-state index in [1.165, 1.54) is 4.68 Å². The van der Waals surface area contributed by atoms with Crippen molar-refractivity contribution in [1.29, 1.82) is 0 Å². The number of para-hydroxylation sites is 1. The molecular weight excluding hydrogens is 484 g/mol. The van der Waals surface area contributed by atoms with Gasteiger partial charge in [-0.15, -0.1) is 5.10 Å². The van der Waals surface area contributed by atoms with Gasteiger partial charge in [0.1, 0.15) is 11.1 Å². The summed E-state index contributed by atoms with van der Waals surface area (Å²) >= 11 is 1.05. The van der Waals surface area contributed by atoms with Crippen molar-refractivity contribution >= 4 is 45.1 Å². The van der Waals surface area contributed by atoms with E-state index in [4.69, 9.17) is 4.42 Å². The molecule has 0 amide bonds. The molecule has 0 radical (unpaired) electrons. The predicted molar refractivity (Wildman–Crippen MR) is 144 cm³/mol. The summed E-state index contributed by atoms with van der Waals surface area (Å²) < 4.78 is 7.07. The van der Waals surface area contributed by atoms with E-state index in [9.17, 15) is 9.59 Å². The van der Waals surface area contributed by atoms with Gasteiger partial charge in [0.15, 0.2) is 5.01 Å². The van der Waals surface area contributed by atoms with Crippen LogP contribution in [0.4, 0.5) is 0 Å². The number of rotatable bonds is 5. The molecule has 0 atom stereocenters. The molecule has 6 aromatic rings. The van der Waals surface area contributed by atoms with Gasteiger partial charge in [0.25, 0.3) is 0 Å². The van der Waals surface area contributed by atoms with E-state index < -0.39 is 11.4 Å².